The molecule has 5 nitrogen and oxygen atoms in total. The zero-order valence-corrected chi connectivity index (χ0v) is 13.5. The van der Waals surface area contributed by atoms with Gasteiger partial charge in [0, 0.05) is 11.8 Å². The number of nitrogens with one attached hydrogen (secondary N) is 1. The highest BCUT2D eigenvalue weighted by atomic mass is 16.5. The van der Waals surface area contributed by atoms with E-state index in [4.69, 9.17) is 4.74 Å². The summed E-state index contributed by atoms with van der Waals surface area (Å²) in [6.07, 6.45) is 4.21. The molecular weight excluding hydrogens is 266 g/mol. The summed E-state index contributed by atoms with van der Waals surface area (Å²) in [5.74, 6) is 1.86. The molecule has 1 heterocycles. The summed E-state index contributed by atoms with van der Waals surface area (Å²) in [6.45, 7) is 8.25. The molecule has 0 saturated heterocycles. The third-order valence-electron chi connectivity index (χ3n) is 4.10. The number of ether oxygens (including phenoxy) is 1. The van der Waals surface area contributed by atoms with Gasteiger partial charge in [-0.25, -0.2) is 4.98 Å². The third-order valence-corrected chi connectivity index (χ3v) is 4.10. The molecule has 2 rings (SSSR count). The Morgan fingerprint density at radius 1 is 1.38 bits per heavy atom. The first-order chi connectivity index (χ1) is 9.92. The number of nitrogens with zero attached hydrogens (tertiary/aromatic N) is 2. The van der Waals surface area contributed by atoms with Crippen molar-refractivity contribution in [2.45, 2.75) is 65.0 Å². The van der Waals surface area contributed by atoms with Crippen LogP contribution < -0.4 is 10.1 Å². The van der Waals surface area contributed by atoms with Crippen molar-refractivity contribution in [3.8, 4) is 5.88 Å². The number of aliphatic hydroxyl groups is 1. The van der Waals surface area contributed by atoms with E-state index in [-0.39, 0.29) is 18.2 Å². The number of anilines is 1. The van der Waals surface area contributed by atoms with Crippen LogP contribution in [0.2, 0.25) is 0 Å². The fourth-order valence-corrected chi connectivity index (χ4v) is 2.77. The highest BCUT2D eigenvalue weighted by Crippen LogP contribution is 2.34. The summed E-state index contributed by atoms with van der Waals surface area (Å²) in [5.41, 5.74) is 0.565. The molecule has 0 spiro atoms. The van der Waals surface area contributed by atoms with E-state index in [0.29, 0.717) is 11.8 Å². The average Bonchev–Trinajstić information content (AvgIpc) is 2.40. The van der Waals surface area contributed by atoms with Gasteiger partial charge in [0.15, 0.2) is 0 Å². The Labute approximate surface area is 127 Å². The second-order valence-corrected chi connectivity index (χ2v) is 6.58. The topological polar surface area (TPSA) is 67.3 Å². The minimum absolute atomic E-state index is 0.0782. The van der Waals surface area contributed by atoms with Crippen molar-refractivity contribution in [3.63, 3.8) is 0 Å². The minimum Gasteiger partial charge on any atom is -0.475 e. The maximum atomic E-state index is 9.82. The van der Waals surface area contributed by atoms with Crippen molar-refractivity contribution in [2.75, 3.05) is 11.9 Å². The smallest absolute Gasteiger partial charge is 0.226 e. The average molecular weight is 293 g/mol. The zero-order valence-electron chi connectivity index (χ0n) is 13.5. The second kappa shape index (κ2) is 6.60. The molecule has 0 bridgehead atoms. The molecule has 1 aliphatic rings. The standard InChI is InChI=1S/C16H27N3O2/c1-11(2)21-14-9-13(4)17-15(18-14)19-16(10-20)7-5-12(3)6-8-16/h9,11-12,20H,5-8,10H2,1-4H3,(H,17,18,19). The Kier molecular flexibility index (Phi) is 5.04. The van der Waals surface area contributed by atoms with Crippen molar-refractivity contribution in [1.29, 1.82) is 0 Å². The predicted molar refractivity (Wildman–Crippen MR) is 83.6 cm³/mol. The molecule has 2 N–H and O–H groups in total. The number of rotatable bonds is 5. The number of aromatic nitrogens is 2. The Morgan fingerprint density at radius 3 is 2.62 bits per heavy atom. The van der Waals surface area contributed by atoms with E-state index in [1.165, 1.54) is 0 Å². The van der Waals surface area contributed by atoms with Gasteiger partial charge in [-0.15, -0.1) is 0 Å². The van der Waals surface area contributed by atoms with Crippen LogP contribution in [0.15, 0.2) is 6.07 Å². The van der Waals surface area contributed by atoms with E-state index in [2.05, 4.69) is 22.2 Å². The minimum atomic E-state index is -0.296. The van der Waals surface area contributed by atoms with Crippen LogP contribution in [0, 0.1) is 12.8 Å². The van der Waals surface area contributed by atoms with Gasteiger partial charge >= 0.3 is 0 Å². The Hall–Kier alpha value is -1.36. The highest BCUT2D eigenvalue weighted by Gasteiger charge is 2.34. The van der Waals surface area contributed by atoms with Crippen molar-refractivity contribution in [1.82, 2.24) is 9.97 Å². The molecule has 0 atom stereocenters. The summed E-state index contributed by atoms with van der Waals surface area (Å²) < 4.78 is 5.65. The summed E-state index contributed by atoms with van der Waals surface area (Å²) in [4.78, 5) is 8.86. The Bertz CT molecular complexity index is 469. The van der Waals surface area contributed by atoms with E-state index in [1.54, 1.807) is 0 Å². The van der Waals surface area contributed by atoms with Gasteiger partial charge in [0.05, 0.1) is 18.2 Å². The van der Waals surface area contributed by atoms with Gasteiger partial charge in [-0.3, -0.25) is 0 Å². The molecule has 1 fully saturated rings. The molecule has 1 aromatic rings. The van der Waals surface area contributed by atoms with Crippen LogP contribution in [0.5, 0.6) is 5.88 Å². The lowest BCUT2D eigenvalue weighted by Crippen LogP contribution is -2.45. The van der Waals surface area contributed by atoms with Gasteiger partial charge in [0.25, 0.3) is 0 Å². The van der Waals surface area contributed by atoms with E-state index in [0.717, 1.165) is 37.3 Å². The van der Waals surface area contributed by atoms with E-state index >= 15 is 0 Å². The van der Waals surface area contributed by atoms with Crippen molar-refractivity contribution in [2.24, 2.45) is 5.92 Å². The van der Waals surface area contributed by atoms with Crippen LogP contribution in [0.25, 0.3) is 0 Å². The van der Waals surface area contributed by atoms with Crippen LogP contribution in [-0.2, 0) is 0 Å². The molecule has 21 heavy (non-hydrogen) atoms. The predicted octanol–water partition coefficient (Wildman–Crippen LogP) is 2.93. The van der Waals surface area contributed by atoms with Gasteiger partial charge in [0.1, 0.15) is 0 Å². The van der Waals surface area contributed by atoms with E-state index in [1.807, 2.05) is 26.8 Å². The maximum Gasteiger partial charge on any atom is 0.226 e. The van der Waals surface area contributed by atoms with E-state index < -0.39 is 0 Å². The van der Waals surface area contributed by atoms with Crippen LogP contribution in [0.3, 0.4) is 0 Å². The van der Waals surface area contributed by atoms with Gasteiger partial charge in [-0.05, 0) is 52.4 Å². The number of hydrogen-bond acceptors (Lipinski definition) is 5. The zero-order chi connectivity index (χ0) is 15.5. The van der Waals surface area contributed by atoms with Crippen LogP contribution in [0.1, 0.15) is 52.1 Å². The summed E-state index contributed by atoms with van der Waals surface area (Å²) in [5, 5.41) is 13.2. The molecule has 0 aliphatic heterocycles. The summed E-state index contributed by atoms with van der Waals surface area (Å²) >= 11 is 0. The molecule has 1 aromatic heterocycles. The lowest BCUT2D eigenvalue weighted by atomic mass is 9.77. The number of aryl methyl sites for hydroxylation is 1. The normalized spacial score (nSPS) is 25.9. The fraction of sp³-hybridized carbons (Fsp3) is 0.750. The molecule has 0 radical (unpaired) electrons. The van der Waals surface area contributed by atoms with E-state index in [9.17, 15) is 5.11 Å². The molecule has 1 aliphatic carbocycles. The first-order valence-corrected chi connectivity index (χ1v) is 7.84. The molecule has 118 valence electrons. The highest BCUT2D eigenvalue weighted by molar-refractivity contribution is 5.34. The molecular formula is C16H27N3O2. The van der Waals surface area contributed by atoms with Gasteiger partial charge in [-0.2, -0.15) is 4.98 Å². The lowest BCUT2D eigenvalue weighted by Gasteiger charge is -2.38. The van der Waals surface area contributed by atoms with Gasteiger partial charge in [0.2, 0.25) is 11.8 Å². The van der Waals surface area contributed by atoms with Crippen molar-refractivity contribution < 1.29 is 9.84 Å². The molecule has 0 unspecified atom stereocenters. The van der Waals surface area contributed by atoms with Crippen molar-refractivity contribution >= 4 is 5.95 Å². The molecule has 0 amide bonds. The maximum absolute atomic E-state index is 9.82. The van der Waals surface area contributed by atoms with Crippen LogP contribution in [0.4, 0.5) is 5.95 Å². The van der Waals surface area contributed by atoms with Crippen molar-refractivity contribution in [3.05, 3.63) is 11.8 Å². The Morgan fingerprint density at radius 2 is 2.05 bits per heavy atom. The molecule has 5 heteroatoms. The first-order valence-electron chi connectivity index (χ1n) is 7.84. The largest absolute Gasteiger partial charge is 0.475 e. The lowest BCUT2D eigenvalue weighted by molar-refractivity contribution is 0.154. The van der Waals surface area contributed by atoms with Gasteiger partial charge in [-0.1, -0.05) is 6.92 Å². The first kappa shape index (κ1) is 16.0. The summed E-state index contributed by atoms with van der Waals surface area (Å²) in [7, 11) is 0. The fourth-order valence-electron chi connectivity index (χ4n) is 2.77. The quantitative estimate of drug-likeness (QED) is 0.873. The Balaban J connectivity index is 2.15. The third kappa shape index (κ3) is 4.30. The SMILES string of the molecule is Cc1cc(OC(C)C)nc(NC2(CO)CCC(C)CC2)n1. The van der Waals surface area contributed by atoms with Gasteiger partial charge < -0.3 is 15.2 Å². The molecule has 1 saturated carbocycles. The summed E-state index contributed by atoms with van der Waals surface area (Å²) in [6, 6.07) is 1.83. The number of aliphatic hydroxyl groups excluding tert-OH is 1. The monoisotopic (exact) mass is 293 g/mol. The van der Waals surface area contributed by atoms with Crippen LogP contribution >= 0.6 is 0 Å². The van der Waals surface area contributed by atoms with Crippen LogP contribution in [-0.4, -0.2) is 33.3 Å². The molecule has 0 aromatic carbocycles. The second-order valence-electron chi connectivity index (χ2n) is 6.58. The number of hydrogen-bond donors (Lipinski definition) is 2.